The molecule has 0 radical (unpaired) electrons. The van der Waals surface area contributed by atoms with Crippen molar-refractivity contribution in [3.8, 4) is 5.75 Å². The molecule has 0 spiro atoms. The summed E-state index contributed by atoms with van der Waals surface area (Å²) in [6.07, 6.45) is 0.852. The zero-order valence-electron chi connectivity index (χ0n) is 20.1. The van der Waals surface area contributed by atoms with Crippen molar-refractivity contribution < 1.29 is 29.1 Å². The summed E-state index contributed by atoms with van der Waals surface area (Å²) >= 11 is 0. The lowest BCUT2D eigenvalue weighted by Gasteiger charge is -2.31. The van der Waals surface area contributed by atoms with Gasteiger partial charge in [-0.3, -0.25) is 24.6 Å². The van der Waals surface area contributed by atoms with E-state index in [4.69, 9.17) is 9.47 Å². The Hall–Kier alpha value is -3.76. The van der Waals surface area contributed by atoms with Crippen LogP contribution in [0, 0.1) is 10.1 Å². The van der Waals surface area contributed by atoms with Crippen molar-refractivity contribution in [1.29, 1.82) is 0 Å². The van der Waals surface area contributed by atoms with E-state index in [1.54, 1.807) is 24.3 Å². The number of likely N-dealkylation sites (tertiary alicyclic amines) is 1. The van der Waals surface area contributed by atoms with E-state index in [1.807, 2.05) is 6.92 Å². The molecule has 10 nitrogen and oxygen atoms in total. The van der Waals surface area contributed by atoms with Gasteiger partial charge in [-0.05, 0) is 48.4 Å². The van der Waals surface area contributed by atoms with Gasteiger partial charge in [0.15, 0.2) is 0 Å². The lowest BCUT2D eigenvalue weighted by atomic mass is 9.95. The first-order valence-corrected chi connectivity index (χ1v) is 12.0. The van der Waals surface area contributed by atoms with Gasteiger partial charge in [-0.15, -0.1) is 0 Å². The highest BCUT2D eigenvalue weighted by Gasteiger charge is 2.46. The molecule has 2 fully saturated rings. The van der Waals surface area contributed by atoms with Crippen LogP contribution in [0.5, 0.6) is 5.75 Å². The van der Waals surface area contributed by atoms with Crippen LogP contribution in [0.2, 0.25) is 0 Å². The lowest BCUT2D eigenvalue weighted by Crippen LogP contribution is -2.42. The summed E-state index contributed by atoms with van der Waals surface area (Å²) in [4.78, 5) is 40.5. The summed E-state index contributed by atoms with van der Waals surface area (Å²) in [5.74, 6) is -1.17. The van der Waals surface area contributed by atoms with Crippen LogP contribution in [-0.4, -0.2) is 77.5 Å². The van der Waals surface area contributed by atoms with Gasteiger partial charge in [0.2, 0.25) is 0 Å². The molecule has 0 aromatic heterocycles. The van der Waals surface area contributed by atoms with Crippen molar-refractivity contribution in [2.75, 3.05) is 46.0 Å². The third-order valence-electron chi connectivity index (χ3n) is 6.32. The maximum absolute atomic E-state index is 13.2. The van der Waals surface area contributed by atoms with E-state index in [0.29, 0.717) is 43.2 Å². The van der Waals surface area contributed by atoms with Gasteiger partial charge in [0.05, 0.1) is 36.4 Å². The molecule has 36 heavy (non-hydrogen) atoms. The Labute approximate surface area is 208 Å². The molecular weight excluding hydrogens is 466 g/mol. The normalized spacial score (nSPS) is 20.0. The number of morpholine rings is 1. The molecule has 4 rings (SSSR count). The first-order chi connectivity index (χ1) is 17.4. The molecule has 1 unspecified atom stereocenters. The highest BCUT2D eigenvalue weighted by atomic mass is 16.6. The Balaban J connectivity index is 1.70. The number of nitrogens with zero attached hydrogens (tertiary/aromatic N) is 3. The van der Waals surface area contributed by atoms with E-state index in [-0.39, 0.29) is 23.6 Å². The number of ether oxygens (including phenoxy) is 2. The molecule has 2 aliphatic rings. The van der Waals surface area contributed by atoms with Crippen LogP contribution in [0.4, 0.5) is 5.69 Å². The van der Waals surface area contributed by atoms with Gasteiger partial charge in [-0.1, -0.05) is 6.92 Å². The number of non-ortho nitro benzene ring substituents is 1. The van der Waals surface area contributed by atoms with Crippen LogP contribution in [0.1, 0.15) is 30.5 Å². The summed E-state index contributed by atoms with van der Waals surface area (Å²) in [6.45, 7) is 5.98. The summed E-state index contributed by atoms with van der Waals surface area (Å²) < 4.78 is 11.0. The molecule has 1 amide bonds. The number of aliphatic hydroxyl groups is 1. The Bertz CT molecular complexity index is 1140. The molecule has 2 aromatic rings. The number of hydrogen-bond donors (Lipinski definition) is 1. The average Bonchev–Trinajstić information content (AvgIpc) is 3.16. The molecule has 190 valence electrons. The van der Waals surface area contributed by atoms with Crippen molar-refractivity contribution in [2.24, 2.45) is 0 Å². The number of aliphatic hydroxyl groups excluding tert-OH is 1. The minimum absolute atomic E-state index is 0.0435. The van der Waals surface area contributed by atoms with Gasteiger partial charge in [0.1, 0.15) is 11.5 Å². The fourth-order valence-electron chi connectivity index (χ4n) is 4.39. The number of carbonyl (C=O) groups is 2. The van der Waals surface area contributed by atoms with Gasteiger partial charge in [0, 0.05) is 43.9 Å². The number of carbonyl (C=O) groups excluding carboxylic acids is 2. The smallest absolute Gasteiger partial charge is 0.295 e. The number of Topliss-reactive ketones (excluding diaryl/α,β-unsaturated/α-hetero) is 1. The maximum atomic E-state index is 13.2. The van der Waals surface area contributed by atoms with Crippen molar-refractivity contribution in [3.05, 3.63) is 75.3 Å². The lowest BCUT2D eigenvalue weighted by molar-refractivity contribution is -0.384. The average molecular weight is 496 g/mol. The van der Waals surface area contributed by atoms with Gasteiger partial charge in [-0.25, -0.2) is 0 Å². The van der Waals surface area contributed by atoms with E-state index in [1.165, 1.54) is 29.2 Å². The van der Waals surface area contributed by atoms with Crippen LogP contribution < -0.4 is 4.74 Å². The second-order valence-electron chi connectivity index (χ2n) is 8.67. The molecule has 1 atom stereocenters. The maximum Gasteiger partial charge on any atom is 0.295 e. The quantitative estimate of drug-likeness (QED) is 0.185. The minimum atomic E-state index is -0.872. The zero-order chi connectivity index (χ0) is 25.7. The fourth-order valence-corrected chi connectivity index (χ4v) is 4.39. The molecular formula is C26H29N3O7. The molecule has 2 saturated heterocycles. The Morgan fingerprint density at radius 3 is 2.36 bits per heavy atom. The second-order valence-corrected chi connectivity index (χ2v) is 8.67. The van der Waals surface area contributed by atoms with E-state index >= 15 is 0 Å². The third-order valence-corrected chi connectivity index (χ3v) is 6.32. The summed E-state index contributed by atoms with van der Waals surface area (Å²) in [5, 5.41) is 22.3. The number of ketones is 1. The topological polar surface area (TPSA) is 122 Å². The van der Waals surface area contributed by atoms with Gasteiger partial charge < -0.3 is 19.5 Å². The van der Waals surface area contributed by atoms with Gasteiger partial charge >= 0.3 is 0 Å². The Morgan fingerprint density at radius 2 is 1.75 bits per heavy atom. The van der Waals surface area contributed by atoms with Crippen LogP contribution in [0.15, 0.2) is 54.1 Å². The monoisotopic (exact) mass is 495 g/mol. The minimum Gasteiger partial charge on any atom is -0.507 e. The highest BCUT2D eigenvalue weighted by molar-refractivity contribution is 6.46. The van der Waals surface area contributed by atoms with Gasteiger partial charge in [-0.2, -0.15) is 0 Å². The first-order valence-electron chi connectivity index (χ1n) is 12.0. The van der Waals surface area contributed by atoms with E-state index in [9.17, 15) is 24.8 Å². The molecule has 0 bridgehead atoms. The summed E-state index contributed by atoms with van der Waals surface area (Å²) in [6, 6.07) is 11.5. The van der Waals surface area contributed by atoms with E-state index in [2.05, 4.69) is 4.90 Å². The molecule has 2 aliphatic heterocycles. The Morgan fingerprint density at radius 1 is 1.08 bits per heavy atom. The van der Waals surface area contributed by atoms with Crippen LogP contribution in [0.3, 0.4) is 0 Å². The molecule has 2 aromatic carbocycles. The number of nitro groups is 1. The predicted octanol–water partition coefficient (Wildman–Crippen LogP) is 3.14. The van der Waals surface area contributed by atoms with Crippen molar-refractivity contribution in [1.82, 2.24) is 9.80 Å². The Kier molecular flexibility index (Phi) is 7.97. The van der Waals surface area contributed by atoms with Crippen molar-refractivity contribution in [2.45, 2.75) is 19.4 Å². The standard InChI is InChI=1S/C26H29N3O7/c1-2-15-36-21-9-5-19(6-10-21)24(30)22-23(18-3-7-20(8-4-18)29(33)34)28(26(32)25(22)31)12-11-27-13-16-35-17-14-27/h3-10,23,30H,2,11-17H2,1H3/b24-22-. The third kappa shape index (κ3) is 5.39. The van der Waals surface area contributed by atoms with E-state index in [0.717, 1.165) is 19.5 Å². The van der Waals surface area contributed by atoms with E-state index < -0.39 is 22.7 Å². The summed E-state index contributed by atoms with van der Waals surface area (Å²) in [5.41, 5.74) is 0.730. The van der Waals surface area contributed by atoms with Crippen LogP contribution in [0.25, 0.3) is 5.76 Å². The molecule has 0 saturated carbocycles. The second kappa shape index (κ2) is 11.3. The fraction of sp³-hybridized carbons (Fsp3) is 0.385. The highest BCUT2D eigenvalue weighted by Crippen LogP contribution is 2.39. The number of amides is 1. The molecule has 0 aliphatic carbocycles. The predicted molar refractivity (Wildman–Crippen MR) is 132 cm³/mol. The number of nitro benzene ring substituents is 1. The molecule has 10 heteroatoms. The van der Waals surface area contributed by atoms with Crippen LogP contribution in [-0.2, 0) is 14.3 Å². The van der Waals surface area contributed by atoms with Crippen LogP contribution >= 0.6 is 0 Å². The number of rotatable bonds is 9. The van der Waals surface area contributed by atoms with Crippen molar-refractivity contribution in [3.63, 3.8) is 0 Å². The zero-order valence-corrected chi connectivity index (χ0v) is 20.1. The number of hydrogen-bond acceptors (Lipinski definition) is 8. The summed E-state index contributed by atoms with van der Waals surface area (Å²) in [7, 11) is 0. The molecule has 1 N–H and O–H groups in total. The SMILES string of the molecule is CCCOc1ccc(/C(O)=C2/C(=O)C(=O)N(CCN3CCOCC3)C2c2ccc([N+](=O)[O-])cc2)cc1. The van der Waals surface area contributed by atoms with Crippen molar-refractivity contribution >= 4 is 23.1 Å². The molecule has 2 heterocycles. The number of benzene rings is 2. The van der Waals surface area contributed by atoms with Gasteiger partial charge in [0.25, 0.3) is 17.4 Å². The first kappa shape index (κ1) is 25.3. The largest absolute Gasteiger partial charge is 0.507 e.